The number of rotatable bonds is 2. The summed E-state index contributed by atoms with van der Waals surface area (Å²) >= 11 is 5.20. The van der Waals surface area contributed by atoms with Crippen LogP contribution in [0, 0.1) is 0 Å². The number of thiocarbonyl (C=S) groups is 1. The number of benzene rings is 1. The van der Waals surface area contributed by atoms with Crippen LogP contribution in [-0.2, 0) is 4.74 Å². The van der Waals surface area contributed by atoms with Gasteiger partial charge in [0.05, 0.1) is 12.7 Å². The van der Waals surface area contributed by atoms with Crippen LogP contribution in [0.1, 0.15) is 33.6 Å². The molecule has 1 amide bonds. The third kappa shape index (κ3) is 3.33. The number of amides is 1. The van der Waals surface area contributed by atoms with Crippen molar-refractivity contribution in [2.75, 3.05) is 20.2 Å². The van der Waals surface area contributed by atoms with E-state index in [9.17, 15) is 9.59 Å². The average Bonchev–Trinajstić information content (AvgIpc) is 3.01. The predicted octanol–water partition coefficient (Wildman–Crippen LogP) is 1.58. The minimum absolute atomic E-state index is 0.265. The number of nitrogens with one attached hydrogen (secondary N) is 1. The molecule has 1 aliphatic heterocycles. The first-order chi connectivity index (χ1) is 9.61. The molecule has 106 valence electrons. The predicted molar refractivity (Wildman–Crippen MR) is 78.7 cm³/mol. The highest BCUT2D eigenvalue weighted by molar-refractivity contribution is 7.80. The minimum atomic E-state index is -0.426. The molecule has 1 heterocycles. The quantitative estimate of drug-likeness (QED) is 0.662. The molecule has 0 saturated carbocycles. The lowest BCUT2D eigenvalue weighted by molar-refractivity contribution is 0.0600. The summed E-state index contributed by atoms with van der Waals surface area (Å²) in [6, 6.07) is 6.27. The number of ether oxygens (including phenoxy) is 1. The Balaban J connectivity index is 1.98. The Kier molecular flexibility index (Phi) is 4.68. The molecule has 20 heavy (non-hydrogen) atoms. The van der Waals surface area contributed by atoms with Gasteiger partial charge in [0.1, 0.15) is 0 Å². The van der Waals surface area contributed by atoms with Gasteiger partial charge >= 0.3 is 5.97 Å². The third-order valence-corrected chi connectivity index (χ3v) is 3.54. The highest BCUT2D eigenvalue weighted by atomic mass is 32.1. The lowest BCUT2D eigenvalue weighted by Crippen LogP contribution is -2.41. The summed E-state index contributed by atoms with van der Waals surface area (Å²) in [6.07, 6.45) is 2.20. The Labute approximate surface area is 122 Å². The van der Waals surface area contributed by atoms with Gasteiger partial charge in [-0.3, -0.25) is 10.1 Å². The average molecular weight is 292 g/mol. The smallest absolute Gasteiger partial charge is 0.337 e. The molecule has 6 heteroatoms. The van der Waals surface area contributed by atoms with E-state index in [0.717, 1.165) is 25.9 Å². The maximum absolute atomic E-state index is 12.0. The molecule has 0 unspecified atom stereocenters. The first kappa shape index (κ1) is 14.5. The fraction of sp³-hybridized carbons (Fsp3) is 0.357. The zero-order valence-corrected chi connectivity index (χ0v) is 12.0. The van der Waals surface area contributed by atoms with E-state index >= 15 is 0 Å². The van der Waals surface area contributed by atoms with Gasteiger partial charge < -0.3 is 9.64 Å². The lowest BCUT2D eigenvalue weighted by Gasteiger charge is -2.18. The van der Waals surface area contributed by atoms with Gasteiger partial charge in [0, 0.05) is 18.7 Å². The van der Waals surface area contributed by atoms with Gasteiger partial charge in [0.2, 0.25) is 0 Å². The molecule has 0 atom stereocenters. The molecule has 0 bridgehead atoms. The normalized spacial score (nSPS) is 13.9. The van der Waals surface area contributed by atoms with Gasteiger partial charge in [-0.1, -0.05) is 0 Å². The topological polar surface area (TPSA) is 58.6 Å². The van der Waals surface area contributed by atoms with Crippen molar-refractivity contribution in [1.29, 1.82) is 0 Å². The number of likely N-dealkylation sites (tertiary alicyclic amines) is 1. The van der Waals surface area contributed by atoms with E-state index < -0.39 is 5.97 Å². The first-order valence-electron chi connectivity index (χ1n) is 6.40. The molecule has 1 N–H and O–H groups in total. The van der Waals surface area contributed by atoms with Crippen LogP contribution in [-0.4, -0.2) is 42.1 Å². The summed E-state index contributed by atoms with van der Waals surface area (Å²) in [5.41, 5.74) is 0.866. The number of hydrogen-bond acceptors (Lipinski definition) is 4. The van der Waals surface area contributed by atoms with E-state index in [1.807, 2.05) is 4.90 Å². The van der Waals surface area contributed by atoms with Gasteiger partial charge in [-0.25, -0.2) is 4.79 Å². The van der Waals surface area contributed by atoms with Crippen molar-refractivity contribution in [1.82, 2.24) is 10.2 Å². The lowest BCUT2D eigenvalue weighted by atomic mass is 10.1. The van der Waals surface area contributed by atoms with Crippen LogP contribution in [0.4, 0.5) is 0 Å². The molecule has 1 aromatic rings. The summed E-state index contributed by atoms with van der Waals surface area (Å²) in [5.74, 6) is -0.692. The van der Waals surface area contributed by atoms with Crippen LogP contribution in [0.3, 0.4) is 0 Å². The number of carbonyl (C=O) groups is 2. The maximum Gasteiger partial charge on any atom is 0.337 e. The third-order valence-electron chi connectivity index (χ3n) is 3.18. The van der Waals surface area contributed by atoms with E-state index in [0.29, 0.717) is 16.2 Å². The molecule has 2 rings (SSSR count). The second-order valence-electron chi connectivity index (χ2n) is 4.52. The Morgan fingerprint density at radius 2 is 1.70 bits per heavy atom. The molecule has 0 spiro atoms. The van der Waals surface area contributed by atoms with E-state index in [-0.39, 0.29) is 5.91 Å². The SMILES string of the molecule is COC(=O)c1ccc(C(=O)NC(=S)N2CCCC2)cc1. The fourth-order valence-electron chi connectivity index (χ4n) is 2.04. The van der Waals surface area contributed by atoms with Crippen LogP contribution in [0.5, 0.6) is 0 Å². The van der Waals surface area contributed by atoms with Crippen LogP contribution < -0.4 is 5.32 Å². The molecule has 5 nitrogen and oxygen atoms in total. The van der Waals surface area contributed by atoms with Gasteiger partial charge in [0.15, 0.2) is 5.11 Å². The number of carbonyl (C=O) groups excluding carboxylic acids is 2. The molecular weight excluding hydrogens is 276 g/mol. The number of hydrogen-bond donors (Lipinski definition) is 1. The van der Waals surface area contributed by atoms with Crippen LogP contribution in [0.2, 0.25) is 0 Å². The molecule has 1 aliphatic rings. The van der Waals surface area contributed by atoms with E-state index in [1.54, 1.807) is 24.3 Å². The van der Waals surface area contributed by atoms with Gasteiger partial charge in [-0.05, 0) is 49.3 Å². The van der Waals surface area contributed by atoms with Gasteiger partial charge in [-0.2, -0.15) is 0 Å². The molecule has 1 aromatic carbocycles. The van der Waals surface area contributed by atoms with Crippen molar-refractivity contribution in [3.05, 3.63) is 35.4 Å². The fourth-order valence-corrected chi connectivity index (χ4v) is 2.32. The van der Waals surface area contributed by atoms with E-state index in [1.165, 1.54) is 7.11 Å². The molecule has 0 radical (unpaired) electrons. The van der Waals surface area contributed by atoms with Crippen molar-refractivity contribution < 1.29 is 14.3 Å². The van der Waals surface area contributed by atoms with E-state index in [4.69, 9.17) is 12.2 Å². The van der Waals surface area contributed by atoms with Crippen molar-refractivity contribution in [3.63, 3.8) is 0 Å². The molecular formula is C14H16N2O3S. The standard InChI is InChI=1S/C14H16N2O3S/c1-19-13(18)11-6-4-10(5-7-11)12(17)15-14(20)16-8-2-3-9-16/h4-7H,2-3,8-9H2,1H3,(H,15,17,20). The Bertz CT molecular complexity index is 522. The summed E-state index contributed by atoms with van der Waals surface area (Å²) in [5, 5.41) is 3.17. The summed E-state index contributed by atoms with van der Waals surface area (Å²) in [4.78, 5) is 25.3. The Hall–Kier alpha value is -1.95. The minimum Gasteiger partial charge on any atom is -0.465 e. The molecule has 0 aliphatic carbocycles. The van der Waals surface area contributed by atoms with E-state index in [2.05, 4.69) is 10.1 Å². The highest BCUT2D eigenvalue weighted by Gasteiger charge is 2.17. The van der Waals surface area contributed by atoms with Crippen LogP contribution in [0.25, 0.3) is 0 Å². The monoisotopic (exact) mass is 292 g/mol. The van der Waals surface area contributed by atoms with Crippen molar-refractivity contribution in [2.45, 2.75) is 12.8 Å². The first-order valence-corrected chi connectivity index (χ1v) is 6.81. The van der Waals surface area contributed by atoms with Crippen molar-refractivity contribution >= 4 is 29.2 Å². The highest BCUT2D eigenvalue weighted by Crippen LogP contribution is 2.09. The zero-order chi connectivity index (χ0) is 14.5. The van der Waals surface area contributed by atoms with Crippen LogP contribution >= 0.6 is 12.2 Å². The zero-order valence-electron chi connectivity index (χ0n) is 11.2. The number of nitrogens with zero attached hydrogens (tertiary/aromatic N) is 1. The second kappa shape index (κ2) is 6.47. The largest absolute Gasteiger partial charge is 0.465 e. The number of methoxy groups -OCH3 is 1. The summed E-state index contributed by atoms with van der Waals surface area (Å²) in [7, 11) is 1.32. The molecule has 1 fully saturated rings. The second-order valence-corrected chi connectivity index (χ2v) is 4.91. The van der Waals surface area contributed by atoms with Gasteiger partial charge in [-0.15, -0.1) is 0 Å². The van der Waals surface area contributed by atoms with Crippen molar-refractivity contribution in [2.24, 2.45) is 0 Å². The summed E-state index contributed by atoms with van der Waals surface area (Å²) < 4.78 is 4.60. The Morgan fingerprint density at radius 1 is 1.15 bits per heavy atom. The van der Waals surface area contributed by atoms with Gasteiger partial charge in [0.25, 0.3) is 5.91 Å². The Morgan fingerprint density at radius 3 is 2.25 bits per heavy atom. The number of esters is 1. The maximum atomic E-state index is 12.0. The summed E-state index contributed by atoms with van der Waals surface area (Å²) in [6.45, 7) is 1.78. The molecule has 1 saturated heterocycles. The van der Waals surface area contributed by atoms with Crippen LogP contribution in [0.15, 0.2) is 24.3 Å². The molecule has 0 aromatic heterocycles. The van der Waals surface area contributed by atoms with Crippen molar-refractivity contribution in [3.8, 4) is 0 Å².